The molecule has 2 aromatic rings. The Morgan fingerprint density at radius 1 is 0.969 bits per heavy atom. The van der Waals surface area contributed by atoms with E-state index in [0.717, 1.165) is 11.1 Å². The fourth-order valence-electron chi connectivity index (χ4n) is 3.42. The molecule has 1 unspecified atom stereocenters. The van der Waals surface area contributed by atoms with Crippen molar-refractivity contribution in [3.63, 3.8) is 0 Å². The number of anilines is 1. The van der Waals surface area contributed by atoms with Crippen LogP contribution in [0.5, 0.6) is 11.5 Å². The normalized spacial score (nSPS) is 12.4. The van der Waals surface area contributed by atoms with E-state index < -0.39 is 11.3 Å². The lowest BCUT2D eigenvalue weighted by molar-refractivity contribution is 0.0824. The topological polar surface area (TPSA) is 78.9 Å². The molecule has 0 saturated heterocycles. The molecule has 1 atom stereocenters. The first-order chi connectivity index (χ1) is 14.8. The van der Waals surface area contributed by atoms with Crippen LogP contribution < -0.4 is 8.91 Å². The molecule has 0 bridgehead atoms. The van der Waals surface area contributed by atoms with Crippen molar-refractivity contribution in [1.29, 1.82) is 0 Å². The van der Waals surface area contributed by atoms with Gasteiger partial charge in [0.1, 0.15) is 11.5 Å². The minimum atomic E-state index is -1.90. The zero-order valence-electron chi connectivity index (χ0n) is 20.6. The van der Waals surface area contributed by atoms with Crippen molar-refractivity contribution in [3.8, 4) is 11.5 Å². The van der Waals surface area contributed by atoms with Gasteiger partial charge in [0.15, 0.2) is 0 Å². The number of amides is 1. The predicted molar refractivity (Wildman–Crippen MR) is 132 cm³/mol. The third-order valence-corrected chi connectivity index (χ3v) is 6.10. The van der Waals surface area contributed by atoms with Crippen LogP contribution in [0.15, 0.2) is 24.3 Å². The van der Waals surface area contributed by atoms with Gasteiger partial charge in [-0.1, -0.05) is 53.7 Å². The van der Waals surface area contributed by atoms with E-state index in [1.165, 1.54) is 16.5 Å². The summed E-state index contributed by atoms with van der Waals surface area (Å²) in [5, 5.41) is 10.3. The van der Waals surface area contributed by atoms with Gasteiger partial charge in [0, 0.05) is 14.1 Å². The van der Waals surface area contributed by atoms with Gasteiger partial charge >= 0.3 is 11.3 Å². The minimum Gasteiger partial charge on any atom is -0.507 e. The first-order valence-electron chi connectivity index (χ1n) is 10.9. The molecule has 2 aromatic carbocycles. The van der Waals surface area contributed by atoms with Gasteiger partial charge in [-0.05, 0) is 59.1 Å². The van der Waals surface area contributed by atoms with E-state index in [2.05, 4.69) is 58.4 Å². The van der Waals surface area contributed by atoms with E-state index in [1.54, 1.807) is 27.1 Å². The molecule has 0 radical (unpaired) electrons. The molecule has 32 heavy (non-hydrogen) atoms. The fraction of sp³-hybridized carbons (Fsp3) is 0.480. The first kappa shape index (κ1) is 25.7. The molecule has 176 valence electrons. The summed E-state index contributed by atoms with van der Waals surface area (Å²) in [6.45, 7) is 14.4. The van der Waals surface area contributed by atoms with Crippen LogP contribution in [0.3, 0.4) is 0 Å². The maximum Gasteiger partial charge on any atom is 0.316 e. The Morgan fingerprint density at radius 2 is 1.50 bits per heavy atom. The van der Waals surface area contributed by atoms with Gasteiger partial charge < -0.3 is 14.2 Å². The van der Waals surface area contributed by atoms with Crippen molar-refractivity contribution in [2.45, 2.75) is 66.2 Å². The van der Waals surface area contributed by atoms with Crippen molar-refractivity contribution < 1.29 is 18.3 Å². The molecule has 0 aliphatic rings. The van der Waals surface area contributed by atoms with Gasteiger partial charge in [-0.3, -0.25) is 9.52 Å². The molecule has 2 N–H and O–H groups in total. The zero-order chi connectivity index (χ0) is 24.3. The third-order valence-electron chi connectivity index (χ3n) is 5.38. The van der Waals surface area contributed by atoms with Gasteiger partial charge in [0.2, 0.25) is 0 Å². The second kappa shape index (κ2) is 10.4. The number of hydrogen-bond donors (Lipinski definition) is 2. The molecular weight excluding hydrogens is 424 g/mol. The molecule has 6 nitrogen and oxygen atoms in total. The molecule has 0 aliphatic heterocycles. The van der Waals surface area contributed by atoms with E-state index >= 15 is 0 Å². The average molecular weight is 461 g/mol. The number of benzene rings is 2. The summed E-state index contributed by atoms with van der Waals surface area (Å²) < 4.78 is 21.8. The van der Waals surface area contributed by atoms with Crippen LogP contribution in [-0.4, -0.2) is 34.2 Å². The lowest BCUT2D eigenvalue weighted by Gasteiger charge is -2.22. The predicted octanol–water partition coefficient (Wildman–Crippen LogP) is 5.84. The molecule has 2 rings (SSSR count). The number of carbonyl (C=O) groups is 1. The van der Waals surface area contributed by atoms with Gasteiger partial charge in [-0.2, -0.15) is 4.21 Å². The van der Waals surface area contributed by atoms with E-state index in [4.69, 9.17) is 4.18 Å². The van der Waals surface area contributed by atoms with E-state index in [-0.39, 0.29) is 29.1 Å². The minimum absolute atomic E-state index is 0.0885. The number of phenols is 1. The maximum atomic E-state index is 13.0. The number of aromatic hydroxyl groups is 1. The van der Waals surface area contributed by atoms with E-state index in [1.807, 2.05) is 0 Å². The van der Waals surface area contributed by atoms with Gasteiger partial charge in [-0.25, -0.2) is 0 Å². The summed E-state index contributed by atoms with van der Waals surface area (Å²) >= 11 is -1.90. The molecule has 0 heterocycles. The molecule has 0 saturated carbocycles. The van der Waals surface area contributed by atoms with Crippen LogP contribution in [0, 0.1) is 6.92 Å². The quantitative estimate of drug-likeness (QED) is 0.485. The number of aryl methyl sites for hydroxylation is 1. The van der Waals surface area contributed by atoms with Crippen molar-refractivity contribution >= 4 is 22.9 Å². The second-order valence-electron chi connectivity index (χ2n) is 9.30. The zero-order valence-corrected chi connectivity index (χ0v) is 21.4. The highest BCUT2D eigenvalue weighted by Gasteiger charge is 2.22. The number of nitrogens with zero attached hydrogens (tertiary/aromatic N) is 1. The highest BCUT2D eigenvalue weighted by molar-refractivity contribution is 7.82. The van der Waals surface area contributed by atoms with E-state index in [9.17, 15) is 14.1 Å². The maximum absolute atomic E-state index is 13.0. The second-order valence-corrected chi connectivity index (χ2v) is 10.1. The Kier molecular flexibility index (Phi) is 8.35. The Bertz CT molecular complexity index is 984. The van der Waals surface area contributed by atoms with Crippen molar-refractivity contribution in [2.75, 3.05) is 18.8 Å². The summed E-state index contributed by atoms with van der Waals surface area (Å²) in [5.41, 5.74) is 4.33. The van der Waals surface area contributed by atoms with E-state index in [0.29, 0.717) is 22.9 Å². The third kappa shape index (κ3) is 5.82. The van der Waals surface area contributed by atoms with Gasteiger partial charge in [0.05, 0.1) is 11.3 Å². The first-order valence-corrected chi connectivity index (χ1v) is 12.0. The van der Waals surface area contributed by atoms with Crippen LogP contribution >= 0.6 is 0 Å². The Hall–Kier alpha value is -2.54. The van der Waals surface area contributed by atoms with Crippen LogP contribution in [0.4, 0.5) is 5.69 Å². The van der Waals surface area contributed by atoms with Crippen molar-refractivity contribution in [1.82, 2.24) is 4.90 Å². The standard InChI is InChI=1S/C25H36N2O4S/c1-14(2)18-11-20(15(3)4)24(21(12-18)16(5)6)31-32(30)26-19-10-17(7)23(28)22(13-19)25(29)27(8)9/h10-16,26,28H,1-9H3. The van der Waals surface area contributed by atoms with Gasteiger partial charge in [0.25, 0.3) is 5.91 Å². The lowest BCUT2D eigenvalue weighted by Crippen LogP contribution is -2.22. The molecule has 7 heteroatoms. The van der Waals surface area contributed by atoms with Crippen molar-refractivity contribution in [3.05, 3.63) is 52.1 Å². The van der Waals surface area contributed by atoms with Crippen LogP contribution in [0.2, 0.25) is 0 Å². The highest BCUT2D eigenvalue weighted by Crippen LogP contribution is 2.38. The largest absolute Gasteiger partial charge is 0.507 e. The highest BCUT2D eigenvalue weighted by atomic mass is 32.2. The summed E-state index contributed by atoms with van der Waals surface area (Å²) in [5.74, 6) is 0.960. The van der Waals surface area contributed by atoms with Crippen LogP contribution in [-0.2, 0) is 11.3 Å². The summed E-state index contributed by atoms with van der Waals surface area (Å²) in [6.07, 6.45) is 0. The molecule has 1 amide bonds. The monoisotopic (exact) mass is 460 g/mol. The van der Waals surface area contributed by atoms with Crippen LogP contribution in [0.25, 0.3) is 0 Å². The number of rotatable bonds is 8. The summed E-state index contributed by atoms with van der Waals surface area (Å²) in [4.78, 5) is 13.8. The lowest BCUT2D eigenvalue weighted by atomic mass is 9.88. The molecule has 0 spiro atoms. The molecule has 0 aromatic heterocycles. The fourth-order valence-corrected chi connectivity index (χ4v) is 4.12. The Labute approximate surface area is 194 Å². The number of hydrogen-bond acceptors (Lipinski definition) is 4. The summed E-state index contributed by atoms with van der Waals surface area (Å²) in [7, 11) is 3.22. The number of nitrogens with one attached hydrogen (secondary N) is 1. The average Bonchev–Trinajstić information content (AvgIpc) is 2.69. The molecule has 0 aliphatic carbocycles. The summed E-state index contributed by atoms with van der Waals surface area (Å²) in [6, 6.07) is 7.39. The molecule has 0 fully saturated rings. The van der Waals surface area contributed by atoms with Crippen molar-refractivity contribution in [2.24, 2.45) is 0 Å². The number of carbonyl (C=O) groups excluding carboxylic acids is 1. The number of phenolic OH excluding ortho intramolecular Hbond substituents is 1. The SMILES string of the molecule is Cc1cc(NS(=O)Oc2c(C(C)C)cc(C(C)C)cc2C(C)C)cc(C(=O)N(C)C)c1O. The van der Waals surface area contributed by atoms with Crippen LogP contribution in [0.1, 0.15) is 91.9 Å². The Morgan fingerprint density at radius 3 is 1.94 bits per heavy atom. The Balaban J connectivity index is 2.43. The smallest absolute Gasteiger partial charge is 0.316 e. The molecular formula is C25H36N2O4S. The van der Waals surface area contributed by atoms with Gasteiger partial charge in [-0.15, -0.1) is 0 Å².